The van der Waals surface area contributed by atoms with Crippen molar-refractivity contribution in [3.8, 4) is 11.5 Å². The summed E-state index contributed by atoms with van der Waals surface area (Å²) in [6, 6.07) is 18.3. The fourth-order valence-electron chi connectivity index (χ4n) is 5.08. The number of allylic oxidation sites excluding steroid dienone is 1. The molecule has 0 saturated carbocycles. The first kappa shape index (κ1) is 22.4. The summed E-state index contributed by atoms with van der Waals surface area (Å²) in [5, 5.41) is 0. The van der Waals surface area contributed by atoms with Gasteiger partial charge in [-0.15, -0.1) is 12.4 Å². The topological polar surface area (TPSA) is 34.1 Å². The van der Waals surface area contributed by atoms with Crippen LogP contribution >= 0.6 is 12.4 Å². The summed E-state index contributed by atoms with van der Waals surface area (Å²) in [6.07, 6.45) is 10.8. The van der Waals surface area contributed by atoms with E-state index in [1.165, 1.54) is 11.1 Å². The van der Waals surface area contributed by atoms with Gasteiger partial charge in [-0.2, -0.15) is 0 Å². The monoisotopic (exact) mass is 448 g/mol. The van der Waals surface area contributed by atoms with Gasteiger partial charge < -0.3 is 9.47 Å². The number of benzene rings is 2. The molecular formula is C27H29ClN2O2. The molecule has 2 heterocycles. The number of rotatable bonds is 6. The fraction of sp³-hybridized carbons (Fsp3) is 0.296. The van der Waals surface area contributed by atoms with Gasteiger partial charge in [-0.1, -0.05) is 36.4 Å². The van der Waals surface area contributed by atoms with Gasteiger partial charge in [0.2, 0.25) is 0 Å². The van der Waals surface area contributed by atoms with E-state index in [0.29, 0.717) is 5.92 Å². The van der Waals surface area contributed by atoms with Crippen LogP contribution < -0.4 is 9.47 Å². The molecule has 5 heteroatoms. The Morgan fingerprint density at radius 3 is 2.59 bits per heavy atom. The molecule has 0 bridgehead atoms. The minimum atomic E-state index is -0.172. The van der Waals surface area contributed by atoms with Crippen molar-refractivity contribution in [3.05, 3.63) is 95.9 Å². The summed E-state index contributed by atoms with van der Waals surface area (Å²) in [5.41, 5.74) is 3.60. The molecule has 3 aliphatic rings. The fourth-order valence-corrected chi connectivity index (χ4v) is 5.08. The Hall–Kier alpha value is -2.82. The van der Waals surface area contributed by atoms with Crippen LogP contribution in [-0.2, 0) is 6.42 Å². The van der Waals surface area contributed by atoms with Crippen molar-refractivity contribution in [2.45, 2.75) is 25.3 Å². The predicted molar refractivity (Wildman–Crippen MR) is 132 cm³/mol. The highest BCUT2D eigenvalue weighted by Crippen LogP contribution is 2.46. The zero-order valence-electron chi connectivity index (χ0n) is 18.5. The molecule has 1 spiro atoms. The zero-order valence-corrected chi connectivity index (χ0v) is 19.3. The van der Waals surface area contributed by atoms with E-state index < -0.39 is 0 Å². The first-order valence-electron chi connectivity index (χ1n) is 11.0. The lowest BCUT2D eigenvalue weighted by Gasteiger charge is -2.44. The number of hydrogen-bond acceptors (Lipinski definition) is 4. The van der Waals surface area contributed by atoms with Gasteiger partial charge in [0.1, 0.15) is 17.3 Å². The van der Waals surface area contributed by atoms with Crippen LogP contribution in [0.2, 0.25) is 0 Å². The SMILES string of the molecule is COc1ccc(CCN2CCC3C(C)=CN=C4C=C(Oc5ccccc5)C=CC432)cc1.Cl. The molecule has 1 aliphatic carbocycles. The molecule has 2 aliphatic heterocycles. The molecule has 5 rings (SSSR count). The van der Waals surface area contributed by atoms with E-state index in [1.54, 1.807) is 7.11 Å². The summed E-state index contributed by atoms with van der Waals surface area (Å²) in [6.45, 7) is 4.27. The molecular weight excluding hydrogens is 420 g/mol. The quantitative estimate of drug-likeness (QED) is 0.575. The highest BCUT2D eigenvalue weighted by atomic mass is 35.5. The number of nitrogens with zero attached hydrogens (tertiary/aromatic N) is 2. The van der Waals surface area contributed by atoms with Crippen molar-refractivity contribution in [3.63, 3.8) is 0 Å². The molecule has 0 amide bonds. The van der Waals surface area contributed by atoms with Gasteiger partial charge in [-0.05, 0) is 61.2 Å². The maximum Gasteiger partial charge on any atom is 0.129 e. The van der Waals surface area contributed by atoms with E-state index in [0.717, 1.165) is 48.9 Å². The molecule has 4 nitrogen and oxygen atoms in total. The Morgan fingerprint density at radius 2 is 1.84 bits per heavy atom. The summed E-state index contributed by atoms with van der Waals surface area (Å²) < 4.78 is 11.4. The van der Waals surface area contributed by atoms with Crippen LogP contribution in [0.1, 0.15) is 18.9 Å². The Labute approximate surface area is 196 Å². The minimum Gasteiger partial charge on any atom is -0.497 e. The van der Waals surface area contributed by atoms with E-state index in [4.69, 9.17) is 14.5 Å². The second-order valence-electron chi connectivity index (χ2n) is 8.43. The second-order valence-corrected chi connectivity index (χ2v) is 8.43. The number of aliphatic imine (C=N–C) groups is 1. The number of para-hydroxylation sites is 1. The highest BCUT2D eigenvalue weighted by molar-refractivity contribution is 6.07. The van der Waals surface area contributed by atoms with E-state index >= 15 is 0 Å². The molecule has 2 aromatic carbocycles. The third-order valence-electron chi connectivity index (χ3n) is 6.70. The molecule has 2 atom stereocenters. The lowest BCUT2D eigenvalue weighted by atomic mass is 9.73. The summed E-state index contributed by atoms with van der Waals surface area (Å²) in [4.78, 5) is 7.48. The lowest BCUT2D eigenvalue weighted by molar-refractivity contribution is 0.225. The lowest BCUT2D eigenvalue weighted by Crippen LogP contribution is -2.55. The number of ether oxygens (including phenoxy) is 2. The highest BCUT2D eigenvalue weighted by Gasteiger charge is 2.52. The van der Waals surface area contributed by atoms with Gasteiger partial charge in [0, 0.05) is 31.3 Å². The predicted octanol–water partition coefficient (Wildman–Crippen LogP) is 5.61. The van der Waals surface area contributed by atoms with E-state index in [1.807, 2.05) is 48.7 Å². The molecule has 1 fully saturated rings. The molecule has 0 N–H and O–H groups in total. The van der Waals surface area contributed by atoms with E-state index in [9.17, 15) is 0 Å². The third-order valence-corrected chi connectivity index (χ3v) is 6.70. The normalized spacial score (nSPS) is 23.8. The van der Waals surface area contributed by atoms with Crippen LogP contribution in [0, 0.1) is 5.92 Å². The average Bonchev–Trinajstić information content (AvgIpc) is 3.18. The van der Waals surface area contributed by atoms with Gasteiger partial charge in [-0.3, -0.25) is 9.89 Å². The Kier molecular flexibility index (Phi) is 6.54. The van der Waals surface area contributed by atoms with Crippen LogP contribution in [-0.4, -0.2) is 36.3 Å². The smallest absolute Gasteiger partial charge is 0.129 e. The number of halogens is 1. The maximum absolute atomic E-state index is 6.11. The number of methoxy groups -OCH3 is 1. The summed E-state index contributed by atoms with van der Waals surface area (Å²) in [5.74, 6) is 3.04. The largest absolute Gasteiger partial charge is 0.497 e. The Bertz CT molecular complexity index is 1070. The van der Waals surface area contributed by atoms with Gasteiger partial charge in [0.15, 0.2) is 0 Å². The molecule has 2 aromatic rings. The van der Waals surface area contributed by atoms with Crippen molar-refractivity contribution in [1.29, 1.82) is 0 Å². The van der Waals surface area contributed by atoms with Gasteiger partial charge in [0.25, 0.3) is 0 Å². The van der Waals surface area contributed by atoms with E-state index in [2.05, 4.69) is 42.2 Å². The zero-order chi connectivity index (χ0) is 21.3. The molecule has 2 unspecified atom stereocenters. The van der Waals surface area contributed by atoms with Crippen molar-refractivity contribution in [2.24, 2.45) is 10.9 Å². The number of hydrogen-bond donors (Lipinski definition) is 0. The summed E-state index contributed by atoms with van der Waals surface area (Å²) >= 11 is 0. The molecule has 0 aromatic heterocycles. The minimum absolute atomic E-state index is 0. The molecule has 166 valence electrons. The maximum atomic E-state index is 6.11. The van der Waals surface area contributed by atoms with Crippen LogP contribution in [0.15, 0.2) is 95.3 Å². The van der Waals surface area contributed by atoms with Crippen molar-refractivity contribution >= 4 is 18.1 Å². The van der Waals surface area contributed by atoms with Crippen molar-refractivity contribution < 1.29 is 9.47 Å². The van der Waals surface area contributed by atoms with Crippen molar-refractivity contribution in [1.82, 2.24) is 4.90 Å². The first-order chi connectivity index (χ1) is 15.2. The van der Waals surface area contributed by atoms with Gasteiger partial charge in [-0.25, -0.2) is 0 Å². The molecule has 1 saturated heterocycles. The second kappa shape index (κ2) is 9.35. The first-order valence-corrected chi connectivity index (χ1v) is 11.0. The molecule has 32 heavy (non-hydrogen) atoms. The number of likely N-dealkylation sites (tertiary alicyclic amines) is 1. The standard InChI is InChI=1S/C27H28N2O2.ClH/c1-20-19-28-26-18-24(31-23-6-4-3-5-7-23)12-15-27(26)25(20)14-17-29(27)16-13-21-8-10-22(30-2)11-9-21;/h3-12,15,18-19,25H,13-14,16-17H2,1-2H3;1H. The van der Waals surface area contributed by atoms with Crippen LogP contribution in [0.25, 0.3) is 0 Å². The Balaban J connectivity index is 0.00000245. The van der Waals surface area contributed by atoms with Gasteiger partial charge in [0.05, 0.1) is 18.4 Å². The van der Waals surface area contributed by atoms with Gasteiger partial charge >= 0.3 is 0 Å². The Morgan fingerprint density at radius 1 is 1.06 bits per heavy atom. The molecule has 0 radical (unpaired) electrons. The summed E-state index contributed by atoms with van der Waals surface area (Å²) in [7, 11) is 1.71. The average molecular weight is 449 g/mol. The van der Waals surface area contributed by atoms with Crippen LogP contribution in [0.3, 0.4) is 0 Å². The van der Waals surface area contributed by atoms with E-state index in [-0.39, 0.29) is 17.9 Å². The third kappa shape index (κ3) is 4.01. The van der Waals surface area contributed by atoms with Crippen LogP contribution in [0.4, 0.5) is 0 Å². The van der Waals surface area contributed by atoms with Crippen molar-refractivity contribution in [2.75, 3.05) is 20.2 Å². The van der Waals surface area contributed by atoms with Crippen LogP contribution in [0.5, 0.6) is 11.5 Å².